The third-order valence-electron chi connectivity index (χ3n) is 2.21. The molecule has 0 spiro atoms. The lowest BCUT2D eigenvalue weighted by Crippen LogP contribution is -2.03. The Morgan fingerprint density at radius 3 is 2.43 bits per heavy atom. The molecule has 1 rings (SSSR count). The number of H-pyrrole nitrogens is 1. The van der Waals surface area contributed by atoms with Crippen molar-refractivity contribution in [3.8, 4) is 0 Å². The number of hydrogen-bond donors (Lipinski definition) is 3. The van der Waals surface area contributed by atoms with Crippen molar-refractivity contribution >= 4 is 11.7 Å². The minimum atomic E-state index is -0.971. The highest BCUT2D eigenvalue weighted by molar-refractivity contribution is 6.03. The highest BCUT2D eigenvalue weighted by Crippen LogP contribution is 2.18. The molecule has 5 nitrogen and oxygen atoms in total. The Hall–Kier alpha value is -1.78. The normalized spacial score (nSPS) is 11.8. The number of carbonyl (C=O) groups is 1. The highest BCUT2D eigenvalue weighted by atomic mass is 16.4. The van der Waals surface area contributed by atoms with Gasteiger partial charge in [-0.2, -0.15) is 5.10 Å². The topological polar surface area (TPSA) is 91.5 Å². The smallest absolute Gasteiger partial charge is 0.352 e. The maximum atomic E-state index is 10.8. The number of aromatic nitrogens is 1. The van der Waals surface area contributed by atoms with E-state index in [0.29, 0.717) is 11.3 Å². The lowest BCUT2D eigenvalue weighted by Gasteiger charge is -1.99. The van der Waals surface area contributed by atoms with Crippen LogP contribution in [0, 0.1) is 13.8 Å². The summed E-state index contributed by atoms with van der Waals surface area (Å²) in [5.41, 5.74) is 3.04. The molecule has 0 radical (unpaired) electrons. The molecule has 0 aromatic carbocycles. The Kier molecular flexibility index (Phi) is 2.60. The first-order chi connectivity index (χ1) is 6.49. The molecule has 0 saturated heterocycles. The maximum Gasteiger partial charge on any atom is 0.352 e. The van der Waals surface area contributed by atoms with Gasteiger partial charge in [-0.05, 0) is 26.3 Å². The van der Waals surface area contributed by atoms with Crippen molar-refractivity contribution in [3.63, 3.8) is 0 Å². The minimum Gasteiger partial charge on any atom is -0.477 e. The summed E-state index contributed by atoms with van der Waals surface area (Å²) in [5.74, 6) is 4.18. The van der Waals surface area contributed by atoms with Gasteiger partial charge in [0.2, 0.25) is 0 Å². The van der Waals surface area contributed by atoms with E-state index < -0.39 is 5.97 Å². The number of aryl methyl sites for hydroxylation is 1. The number of aromatic carboxylic acids is 1. The van der Waals surface area contributed by atoms with Gasteiger partial charge in [0.1, 0.15) is 5.69 Å². The summed E-state index contributed by atoms with van der Waals surface area (Å²) < 4.78 is 0. The second-order valence-electron chi connectivity index (χ2n) is 3.14. The van der Waals surface area contributed by atoms with Crippen LogP contribution in [0.25, 0.3) is 0 Å². The summed E-state index contributed by atoms with van der Waals surface area (Å²) in [6, 6.07) is 0. The molecule has 0 aliphatic carbocycles. The monoisotopic (exact) mass is 195 g/mol. The van der Waals surface area contributed by atoms with Gasteiger partial charge in [-0.1, -0.05) is 0 Å². The van der Waals surface area contributed by atoms with Crippen LogP contribution in [-0.4, -0.2) is 21.8 Å². The van der Waals surface area contributed by atoms with Crippen molar-refractivity contribution < 1.29 is 9.90 Å². The second kappa shape index (κ2) is 3.53. The van der Waals surface area contributed by atoms with Crippen LogP contribution in [0.5, 0.6) is 0 Å². The Bertz CT molecular complexity index is 404. The summed E-state index contributed by atoms with van der Waals surface area (Å²) in [4.78, 5) is 13.6. The van der Waals surface area contributed by atoms with Gasteiger partial charge in [-0.25, -0.2) is 4.79 Å². The van der Waals surface area contributed by atoms with Crippen molar-refractivity contribution in [2.75, 3.05) is 0 Å². The summed E-state index contributed by atoms with van der Waals surface area (Å²) in [6.07, 6.45) is 0. The zero-order chi connectivity index (χ0) is 10.9. The molecule has 1 aromatic heterocycles. The number of nitrogens with two attached hydrogens (primary N) is 1. The molecule has 76 valence electrons. The van der Waals surface area contributed by atoms with E-state index in [2.05, 4.69) is 10.1 Å². The van der Waals surface area contributed by atoms with Crippen LogP contribution >= 0.6 is 0 Å². The number of hydrazone groups is 1. The lowest BCUT2D eigenvalue weighted by atomic mass is 10.1. The Morgan fingerprint density at radius 1 is 1.50 bits per heavy atom. The van der Waals surface area contributed by atoms with Gasteiger partial charge < -0.3 is 15.9 Å². The Balaban J connectivity index is 3.39. The molecule has 0 saturated carbocycles. The van der Waals surface area contributed by atoms with Crippen LogP contribution in [0.1, 0.15) is 34.2 Å². The number of aromatic amines is 1. The van der Waals surface area contributed by atoms with E-state index in [-0.39, 0.29) is 5.69 Å². The van der Waals surface area contributed by atoms with E-state index in [4.69, 9.17) is 10.9 Å². The third kappa shape index (κ3) is 1.48. The Labute approximate surface area is 81.6 Å². The second-order valence-corrected chi connectivity index (χ2v) is 3.14. The minimum absolute atomic E-state index is 0.195. The molecule has 0 amide bonds. The largest absolute Gasteiger partial charge is 0.477 e. The van der Waals surface area contributed by atoms with Crippen LogP contribution < -0.4 is 5.84 Å². The van der Waals surface area contributed by atoms with Gasteiger partial charge in [0.05, 0.1) is 5.71 Å². The van der Waals surface area contributed by atoms with E-state index in [1.807, 2.05) is 0 Å². The van der Waals surface area contributed by atoms with E-state index in [1.165, 1.54) is 0 Å². The fourth-order valence-electron chi connectivity index (χ4n) is 1.57. The van der Waals surface area contributed by atoms with Crippen molar-refractivity contribution in [3.05, 3.63) is 22.5 Å². The van der Waals surface area contributed by atoms with Gasteiger partial charge in [-0.3, -0.25) is 0 Å². The predicted octanol–water partition coefficient (Wildman–Crippen LogP) is 1.01. The van der Waals surface area contributed by atoms with Crippen molar-refractivity contribution in [2.24, 2.45) is 10.9 Å². The van der Waals surface area contributed by atoms with E-state index in [9.17, 15) is 4.79 Å². The predicted molar refractivity (Wildman–Crippen MR) is 53.6 cm³/mol. The number of carboxylic acids is 1. The molecule has 14 heavy (non-hydrogen) atoms. The van der Waals surface area contributed by atoms with E-state index >= 15 is 0 Å². The fraction of sp³-hybridized carbons (Fsp3) is 0.333. The molecule has 0 aliphatic rings. The summed E-state index contributed by atoms with van der Waals surface area (Å²) >= 11 is 0. The molecular formula is C9H13N3O2. The molecule has 5 heteroatoms. The van der Waals surface area contributed by atoms with Crippen molar-refractivity contribution in [1.82, 2.24) is 4.98 Å². The van der Waals surface area contributed by atoms with E-state index in [0.717, 1.165) is 11.3 Å². The number of carboxylic acid groups (broad SMARTS) is 1. The van der Waals surface area contributed by atoms with Gasteiger partial charge in [-0.15, -0.1) is 0 Å². The summed E-state index contributed by atoms with van der Waals surface area (Å²) in [5, 5.41) is 12.4. The zero-order valence-corrected chi connectivity index (χ0v) is 8.38. The number of hydrogen-bond acceptors (Lipinski definition) is 3. The molecule has 1 heterocycles. The molecule has 1 aromatic rings. The van der Waals surface area contributed by atoms with Crippen LogP contribution in [-0.2, 0) is 0 Å². The molecule has 4 N–H and O–H groups in total. The summed E-state index contributed by atoms with van der Waals surface area (Å²) in [6.45, 7) is 5.27. The average Bonchev–Trinajstić information content (AvgIpc) is 2.41. The van der Waals surface area contributed by atoms with Crippen molar-refractivity contribution in [2.45, 2.75) is 20.8 Å². The highest BCUT2D eigenvalue weighted by Gasteiger charge is 2.17. The van der Waals surface area contributed by atoms with Crippen LogP contribution in [0.3, 0.4) is 0 Å². The van der Waals surface area contributed by atoms with E-state index in [1.54, 1.807) is 20.8 Å². The molecule has 0 unspecified atom stereocenters. The van der Waals surface area contributed by atoms with Crippen molar-refractivity contribution in [1.29, 1.82) is 0 Å². The molecule has 0 atom stereocenters. The summed E-state index contributed by atoms with van der Waals surface area (Å²) in [7, 11) is 0. The fourth-order valence-corrected chi connectivity index (χ4v) is 1.57. The molecule has 0 fully saturated rings. The van der Waals surface area contributed by atoms with Gasteiger partial charge >= 0.3 is 5.97 Å². The van der Waals surface area contributed by atoms with Crippen LogP contribution in [0.2, 0.25) is 0 Å². The van der Waals surface area contributed by atoms with Gasteiger partial charge in [0, 0.05) is 11.3 Å². The maximum absolute atomic E-state index is 10.8. The van der Waals surface area contributed by atoms with Crippen LogP contribution in [0.15, 0.2) is 5.10 Å². The average molecular weight is 195 g/mol. The Morgan fingerprint density at radius 2 is 2.07 bits per heavy atom. The van der Waals surface area contributed by atoms with Crippen LogP contribution in [0.4, 0.5) is 0 Å². The zero-order valence-electron chi connectivity index (χ0n) is 8.38. The lowest BCUT2D eigenvalue weighted by molar-refractivity contribution is 0.0690. The quantitative estimate of drug-likeness (QED) is 0.373. The first-order valence-electron chi connectivity index (χ1n) is 4.16. The SMILES string of the molecule is C/C(=N\N)c1c(C)[nH]c(C(=O)O)c1C. The molecular weight excluding hydrogens is 182 g/mol. The number of rotatable bonds is 2. The standard InChI is InChI=1S/C9H13N3O2/c1-4-7(6(3)12-10)5(2)11-8(4)9(13)14/h11H,10H2,1-3H3,(H,13,14)/b12-6+. The van der Waals surface area contributed by atoms with Gasteiger partial charge in [0.25, 0.3) is 0 Å². The first-order valence-corrected chi connectivity index (χ1v) is 4.16. The number of nitrogens with one attached hydrogen (secondary N) is 1. The molecule has 0 aliphatic heterocycles. The van der Waals surface area contributed by atoms with Gasteiger partial charge in [0.15, 0.2) is 0 Å². The molecule has 0 bridgehead atoms. The first kappa shape index (κ1) is 10.3. The number of nitrogens with zero attached hydrogens (tertiary/aromatic N) is 1. The third-order valence-corrected chi connectivity index (χ3v) is 2.21.